The summed E-state index contributed by atoms with van der Waals surface area (Å²) in [4.78, 5) is 12.3. The van der Waals surface area contributed by atoms with E-state index in [-0.39, 0.29) is 0 Å². The Hall–Kier alpha value is -0.840. The first-order valence-corrected chi connectivity index (χ1v) is 3.62. The first-order valence-electron chi connectivity index (χ1n) is 3.21. The van der Waals surface area contributed by atoms with Gasteiger partial charge >= 0.3 is 6.09 Å². The van der Waals surface area contributed by atoms with E-state index in [0.29, 0.717) is 5.11 Å². The van der Waals surface area contributed by atoms with Crippen molar-refractivity contribution in [2.75, 3.05) is 20.7 Å². The zero-order chi connectivity index (χ0) is 8.85. The molecule has 0 saturated heterocycles. The van der Waals surface area contributed by atoms with Crippen molar-refractivity contribution in [1.29, 1.82) is 0 Å². The van der Waals surface area contributed by atoms with Crippen molar-refractivity contribution < 1.29 is 9.53 Å². The SMILES string of the molecule is CCN(C)C(=S)NC(=O)OC. The fraction of sp³-hybridized carbons (Fsp3) is 0.667. The van der Waals surface area contributed by atoms with E-state index < -0.39 is 6.09 Å². The molecule has 0 aromatic carbocycles. The van der Waals surface area contributed by atoms with E-state index in [1.807, 2.05) is 6.92 Å². The number of amides is 1. The van der Waals surface area contributed by atoms with Crippen molar-refractivity contribution >= 4 is 23.4 Å². The van der Waals surface area contributed by atoms with Crippen LogP contribution in [0.1, 0.15) is 6.92 Å². The number of hydrogen-bond donors (Lipinski definition) is 1. The van der Waals surface area contributed by atoms with Crippen LogP contribution in [0.25, 0.3) is 0 Å². The average Bonchev–Trinajstić information content (AvgIpc) is 2.02. The number of rotatable bonds is 1. The Morgan fingerprint density at radius 3 is 2.64 bits per heavy atom. The molecular formula is C6H12N2O2S. The molecule has 11 heavy (non-hydrogen) atoms. The van der Waals surface area contributed by atoms with Gasteiger partial charge in [0.05, 0.1) is 7.11 Å². The standard InChI is InChI=1S/C6H12N2O2S/c1-4-8(2)5(11)7-6(9)10-3/h4H2,1-3H3,(H,7,9,11). The number of nitrogens with zero attached hydrogens (tertiary/aromatic N) is 1. The first-order chi connectivity index (χ1) is 5.11. The summed E-state index contributed by atoms with van der Waals surface area (Å²) in [5.74, 6) is 0. The third kappa shape index (κ3) is 3.77. The molecule has 5 heteroatoms. The lowest BCUT2D eigenvalue weighted by atomic mass is 10.6. The number of carbonyl (C=O) groups excluding carboxylic acids is 1. The van der Waals surface area contributed by atoms with E-state index in [4.69, 9.17) is 12.2 Å². The lowest BCUT2D eigenvalue weighted by Gasteiger charge is -2.16. The summed E-state index contributed by atoms with van der Waals surface area (Å²) < 4.78 is 4.35. The molecular weight excluding hydrogens is 164 g/mol. The van der Waals surface area contributed by atoms with Gasteiger partial charge in [0.2, 0.25) is 0 Å². The van der Waals surface area contributed by atoms with Crippen molar-refractivity contribution in [2.24, 2.45) is 0 Å². The third-order valence-corrected chi connectivity index (χ3v) is 1.63. The highest BCUT2D eigenvalue weighted by atomic mass is 32.1. The van der Waals surface area contributed by atoms with E-state index in [1.165, 1.54) is 7.11 Å². The van der Waals surface area contributed by atoms with Crippen LogP contribution in [0, 0.1) is 0 Å². The normalized spacial score (nSPS) is 8.64. The average molecular weight is 176 g/mol. The van der Waals surface area contributed by atoms with Gasteiger partial charge in [-0.2, -0.15) is 0 Å². The van der Waals surface area contributed by atoms with Crippen LogP contribution >= 0.6 is 12.2 Å². The van der Waals surface area contributed by atoms with Gasteiger partial charge < -0.3 is 9.64 Å². The van der Waals surface area contributed by atoms with Gasteiger partial charge in [0.1, 0.15) is 0 Å². The molecule has 4 nitrogen and oxygen atoms in total. The molecule has 0 rings (SSSR count). The maximum absolute atomic E-state index is 10.6. The molecule has 0 heterocycles. The first kappa shape index (κ1) is 10.2. The lowest BCUT2D eigenvalue weighted by Crippen LogP contribution is -2.40. The van der Waals surface area contributed by atoms with Crippen LogP contribution < -0.4 is 5.32 Å². The Morgan fingerprint density at radius 1 is 1.73 bits per heavy atom. The minimum atomic E-state index is -0.532. The molecule has 0 aromatic heterocycles. The van der Waals surface area contributed by atoms with E-state index in [1.54, 1.807) is 11.9 Å². The van der Waals surface area contributed by atoms with Gasteiger partial charge in [-0.15, -0.1) is 0 Å². The minimum Gasteiger partial charge on any atom is -0.453 e. The van der Waals surface area contributed by atoms with E-state index in [0.717, 1.165) is 6.54 Å². The Kier molecular flexibility index (Phi) is 4.52. The van der Waals surface area contributed by atoms with Gasteiger partial charge in [0, 0.05) is 13.6 Å². The van der Waals surface area contributed by atoms with Crippen molar-refractivity contribution in [3.05, 3.63) is 0 Å². The van der Waals surface area contributed by atoms with Crippen LogP contribution in [0.5, 0.6) is 0 Å². The van der Waals surface area contributed by atoms with Crippen LogP contribution in [0.15, 0.2) is 0 Å². The second kappa shape index (κ2) is 4.90. The number of methoxy groups -OCH3 is 1. The van der Waals surface area contributed by atoms with Gasteiger partial charge in [-0.3, -0.25) is 5.32 Å². The highest BCUT2D eigenvalue weighted by molar-refractivity contribution is 7.80. The van der Waals surface area contributed by atoms with Crippen LogP contribution in [-0.2, 0) is 4.74 Å². The summed E-state index contributed by atoms with van der Waals surface area (Å²) in [5, 5.41) is 2.75. The van der Waals surface area contributed by atoms with Crippen LogP contribution in [-0.4, -0.2) is 36.8 Å². The highest BCUT2D eigenvalue weighted by Crippen LogP contribution is 1.83. The maximum atomic E-state index is 10.6. The molecule has 0 aliphatic carbocycles. The second-order valence-electron chi connectivity index (χ2n) is 1.94. The van der Waals surface area contributed by atoms with Crippen molar-refractivity contribution in [1.82, 2.24) is 10.2 Å². The minimum absolute atomic E-state index is 0.374. The monoisotopic (exact) mass is 176 g/mol. The maximum Gasteiger partial charge on any atom is 0.413 e. The van der Waals surface area contributed by atoms with Crippen molar-refractivity contribution in [2.45, 2.75) is 6.92 Å². The largest absolute Gasteiger partial charge is 0.453 e. The summed E-state index contributed by atoms with van der Waals surface area (Å²) in [6.45, 7) is 2.69. The van der Waals surface area contributed by atoms with Crippen LogP contribution in [0.2, 0.25) is 0 Å². The number of alkyl carbamates (subject to hydrolysis) is 1. The zero-order valence-corrected chi connectivity index (χ0v) is 7.70. The molecule has 0 radical (unpaired) electrons. The summed E-state index contributed by atoms with van der Waals surface area (Å²) in [6, 6.07) is 0. The predicted octanol–water partition coefficient (Wildman–Crippen LogP) is 0.579. The molecule has 0 unspecified atom stereocenters. The van der Waals surface area contributed by atoms with Crippen molar-refractivity contribution in [3.8, 4) is 0 Å². The van der Waals surface area contributed by atoms with Gasteiger partial charge in [0.25, 0.3) is 0 Å². The molecule has 0 aromatic rings. The van der Waals surface area contributed by atoms with Crippen LogP contribution in [0.4, 0.5) is 4.79 Å². The Labute approximate surface area is 71.5 Å². The fourth-order valence-electron chi connectivity index (χ4n) is 0.377. The summed E-state index contributed by atoms with van der Waals surface area (Å²) in [5.41, 5.74) is 0. The number of ether oxygens (including phenoxy) is 1. The van der Waals surface area contributed by atoms with Gasteiger partial charge in [-0.25, -0.2) is 4.79 Å². The van der Waals surface area contributed by atoms with E-state index >= 15 is 0 Å². The molecule has 64 valence electrons. The number of nitrogens with one attached hydrogen (secondary N) is 1. The molecule has 0 fully saturated rings. The topological polar surface area (TPSA) is 41.6 Å². The quantitative estimate of drug-likeness (QED) is 0.593. The number of carbonyl (C=O) groups is 1. The molecule has 0 bridgehead atoms. The molecule has 0 aliphatic rings. The molecule has 0 saturated carbocycles. The smallest absolute Gasteiger partial charge is 0.413 e. The van der Waals surface area contributed by atoms with Crippen molar-refractivity contribution in [3.63, 3.8) is 0 Å². The molecule has 1 N–H and O–H groups in total. The summed E-state index contributed by atoms with van der Waals surface area (Å²) in [7, 11) is 3.09. The number of thiocarbonyl (C=S) groups is 1. The summed E-state index contributed by atoms with van der Waals surface area (Å²) in [6.07, 6.45) is -0.532. The van der Waals surface area contributed by atoms with E-state index in [9.17, 15) is 4.79 Å². The lowest BCUT2D eigenvalue weighted by molar-refractivity contribution is 0.176. The Morgan fingerprint density at radius 2 is 2.27 bits per heavy atom. The molecule has 1 amide bonds. The molecule has 0 spiro atoms. The van der Waals surface area contributed by atoms with Gasteiger partial charge in [0.15, 0.2) is 5.11 Å². The highest BCUT2D eigenvalue weighted by Gasteiger charge is 2.05. The summed E-state index contributed by atoms with van der Waals surface area (Å²) >= 11 is 4.83. The Bertz CT molecular complexity index is 161. The molecule has 0 aliphatic heterocycles. The van der Waals surface area contributed by atoms with Gasteiger partial charge in [-0.05, 0) is 19.1 Å². The Balaban J connectivity index is 3.77. The molecule has 0 atom stereocenters. The second-order valence-corrected chi connectivity index (χ2v) is 2.32. The van der Waals surface area contributed by atoms with Gasteiger partial charge in [-0.1, -0.05) is 0 Å². The van der Waals surface area contributed by atoms with E-state index in [2.05, 4.69) is 10.1 Å². The van der Waals surface area contributed by atoms with Crippen LogP contribution in [0.3, 0.4) is 0 Å². The zero-order valence-electron chi connectivity index (χ0n) is 6.88. The number of hydrogen-bond acceptors (Lipinski definition) is 3. The fourth-order valence-corrected chi connectivity index (χ4v) is 0.590. The third-order valence-electron chi connectivity index (χ3n) is 1.22. The predicted molar refractivity (Wildman–Crippen MR) is 46.4 cm³/mol.